The molecule has 2 nitrogen and oxygen atoms in total. The van der Waals surface area contributed by atoms with E-state index < -0.39 is 5.82 Å². The number of nitrogens with two attached hydrogens (primary N) is 1. The van der Waals surface area contributed by atoms with E-state index in [1.807, 2.05) is 24.3 Å². The lowest BCUT2D eigenvalue weighted by molar-refractivity contribution is 0.479. The van der Waals surface area contributed by atoms with Crippen molar-refractivity contribution in [2.75, 3.05) is 5.73 Å². The van der Waals surface area contributed by atoms with Crippen molar-refractivity contribution in [3.8, 4) is 11.5 Å². The third-order valence-electron chi connectivity index (χ3n) is 2.55. The minimum atomic E-state index is -0.464. The number of anilines is 1. The van der Waals surface area contributed by atoms with Gasteiger partial charge in [0, 0.05) is 0 Å². The van der Waals surface area contributed by atoms with Gasteiger partial charge in [-0.2, -0.15) is 0 Å². The molecule has 2 rings (SSSR count). The van der Waals surface area contributed by atoms with E-state index in [1.165, 1.54) is 6.07 Å². The summed E-state index contributed by atoms with van der Waals surface area (Å²) in [6.45, 7) is 2.07. The van der Waals surface area contributed by atoms with Crippen LogP contribution in [-0.2, 0) is 6.42 Å². The molecule has 0 saturated carbocycles. The first-order chi connectivity index (χ1) is 8.20. The van der Waals surface area contributed by atoms with E-state index in [0.29, 0.717) is 11.5 Å². The highest BCUT2D eigenvalue weighted by Crippen LogP contribution is 2.29. The van der Waals surface area contributed by atoms with Crippen LogP contribution in [0.2, 0.25) is 0 Å². The normalized spacial score (nSPS) is 10.2. The van der Waals surface area contributed by atoms with Gasteiger partial charge in [0.15, 0.2) is 5.75 Å². The van der Waals surface area contributed by atoms with E-state index in [4.69, 9.17) is 10.5 Å². The van der Waals surface area contributed by atoms with Crippen LogP contribution in [0, 0.1) is 5.82 Å². The Bertz CT molecular complexity index is 525. The second-order valence-electron chi connectivity index (χ2n) is 3.75. The van der Waals surface area contributed by atoms with Crippen molar-refractivity contribution >= 4 is 5.69 Å². The number of ether oxygens (including phenoxy) is 1. The number of aryl methyl sites for hydroxylation is 1. The summed E-state index contributed by atoms with van der Waals surface area (Å²) < 4.78 is 18.8. The second kappa shape index (κ2) is 4.87. The molecule has 0 aromatic heterocycles. The summed E-state index contributed by atoms with van der Waals surface area (Å²) in [5.41, 5.74) is 6.80. The Morgan fingerprint density at radius 2 is 1.94 bits per heavy atom. The maximum absolute atomic E-state index is 13.2. The lowest BCUT2D eigenvalue weighted by Crippen LogP contribution is -1.95. The molecular weight excluding hydrogens is 217 g/mol. The van der Waals surface area contributed by atoms with Crippen LogP contribution in [-0.4, -0.2) is 0 Å². The second-order valence-corrected chi connectivity index (χ2v) is 3.75. The Balaban J connectivity index is 2.28. The molecule has 2 aromatic rings. The fourth-order valence-electron chi connectivity index (χ4n) is 1.56. The summed E-state index contributed by atoms with van der Waals surface area (Å²) in [5.74, 6) is 0.550. The number of para-hydroxylation sites is 1. The van der Waals surface area contributed by atoms with Crippen LogP contribution in [0.3, 0.4) is 0 Å². The van der Waals surface area contributed by atoms with Gasteiger partial charge in [-0.1, -0.05) is 25.1 Å². The van der Waals surface area contributed by atoms with Crippen molar-refractivity contribution in [3.05, 3.63) is 53.8 Å². The highest BCUT2D eigenvalue weighted by atomic mass is 19.1. The highest BCUT2D eigenvalue weighted by molar-refractivity contribution is 5.54. The van der Waals surface area contributed by atoms with Gasteiger partial charge in [-0.05, 0) is 36.2 Å². The molecule has 0 aliphatic heterocycles. The van der Waals surface area contributed by atoms with Gasteiger partial charge in [-0.25, -0.2) is 4.39 Å². The zero-order chi connectivity index (χ0) is 12.3. The zero-order valence-corrected chi connectivity index (χ0v) is 9.61. The summed E-state index contributed by atoms with van der Waals surface area (Å²) in [7, 11) is 0. The molecule has 0 spiro atoms. The van der Waals surface area contributed by atoms with Crippen molar-refractivity contribution in [1.29, 1.82) is 0 Å². The van der Waals surface area contributed by atoms with Crippen LogP contribution in [0.15, 0.2) is 42.5 Å². The van der Waals surface area contributed by atoms with E-state index in [9.17, 15) is 4.39 Å². The number of hydrogen-bond donors (Lipinski definition) is 1. The van der Waals surface area contributed by atoms with Crippen LogP contribution >= 0.6 is 0 Å². The molecule has 88 valence electrons. The third kappa shape index (κ3) is 2.56. The van der Waals surface area contributed by atoms with Gasteiger partial charge < -0.3 is 10.5 Å². The van der Waals surface area contributed by atoms with Crippen molar-refractivity contribution < 1.29 is 9.13 Å². The summed E-state index contributed by atoms with van der Waals surface area (Å²) in [6.07, 6.45) is 0.926. The van der Waals surface area contributed by atoms with Crippen molar-refractivity contribution in [2.24, 2.45) is 0 Å². The Morgan fingerprint density at radius 3 is 2.71 bits per heavy atom. The molecule has 2 aromatic carbocycles. The molecular formula is C14H14FNO. The maximum Gasteiger partial charge on any atom is 0.153 e. The largest absolute Gasteiger partial charge is 0.455 e. The summed E-state index contributed by atoms with van der Waals surface area (Å²) in [6, 6.07) is 12.2. The Labute approximate surface area is 99.8 Å². The molecule has 0 radical (unpaired) electrons. The average Bonchev–Trinajstić information content (AvgIpc) is 2.35. The summed E-state index contributed by atoms with van der Waals surface area (Å²) in [4.78, 5) is 0. The SMILES string of the molecule is CCc1cccc(Oc2cccc(F)c2N)c1. The number of rotatable bonds is 3. The highest BCUT2D eigenvalue weighted by Gasteiger charge is 2.06. The van der Waals surface area contributed by atoms with Gasteiger partial charge in [-0.3, -0.25) is 0 Å². The van der Waals surface area contributed by atoms with Crippen molar-refractivity contribution in [1.82, 2.24) is 0 Å². The average molecular weight is 231 g/mol. The van der Waals surface area contributed by atoms with Gasteiger partial charge >= 0.3 is 0 Å². The molecule has 2 N–H and O–H groups in total. The Morgan fingerprint density at radius 1 is 1.18 bits per heavy atom. The van der Waals surface area contributed by atoms with E-state index in [1.54, 1.807) is 12.1 Å². The molecule has 0 aliphatic carbocycles. The molecule has 0 atom stereocenters. The predicted octanol–water partition coefficient (Wildman–Crippen LogP) is 3.76. The topological polar surface area (TPSA) is 35.2 Å². The van der Waals surface area contributed by atoms with Crippen LogP contribution in [0.1, 0.15) is 12.5 Å². The summed E-state index contributed by atoms with van der Waals surface area (Å²) >= 11 is 0. The smallest absolute Gasteiger partial charge is 0.153 e. The quantitative estimate of drug-likeness (QED) is 0.816. The molecule has 0 bridgehead atoms. The molecule has 0 fully saturated rings. The summed E-state index contributed by atoms with van der Waals surface area (Å²) in [5, 5.41) is 0. The molecule has 3 heteroatoms. The lowest BCUT2D eigenvalue weighted by atomic mass is 10.2. The van der Waals surface area contributed by atoms with E-state index in [0.717, 1.165) is 12.0 Å². The number of nitrogen functional groups attached to an aromatic ring is 1. The van der Waals surface area contributed by atoms with Gasteiger partial charge in [0.1, 0.15) is 17.3 Å². The molecule has 0 unspecified atom stereocenters. The van der Waals surface area contributed by atoms with Crippen LogP contribution in [0.5, 0.6) is 11.5 Å². The first kappa shape index (κ1) is 11.5. The van der Waals surface area contributed by atoms with E-state index in [-0.39, 0.29) is 5.69 Å². The minimum absolute atomic E-state index is 0.0365. The standard InChI is InChI=1S/C14H14FNO/c1-2-10-5-3-6-11(9-10)17-13-8-4-7-12(15)14(13)16/h3-9H,2,16H2,1H3. The monoisotopic (exact) mass is 231 g/mol. The van der Waals surface area contributed by atoms with Crippen LogP contribution in [0.4, 0.5) is 10.1 Å². The number of hydrogen-bond acceptors (Lipinski definition) is 2. The van der Waals surface area contributed by atoms with Gasteiger partial charge in [0.2, 0.25) is 0 Å². The van der Waals surface area contributed by atoms with Gasteiger partial charge in [0.05, 0.1) is 0 Å². The number of benzene rings is 2. The fourth-order valence-corrected chi connectivity index (χ4v) is 1.56. The van der Waals surface area contributed by atoms with Crippen molar-refractivity contribution in [2.45, 2.75) is 13.3 Å². The predicted molar refractivity (Wildman–Crippen MR) is 66.7 cm³/mol. The van der Waals surface area contributed by atoms with E-state index in [2.05, 4.69) is 6.92 Å². The molecule has 0 heterocycles. The first-order valence-electron chi connectivity index (χ1n) is 5.51. The van der Waals surface area contributed by atoms with Gasteiger partial charge in [0.25, 0.3) is 0 Å². The molecule has 0 amide bonds. The first-order valence-corrected chi connectivity index (χ1v) is 5.51. The van der Waals surface area contributed by atoms with Crippen molar-refractivity contribution in [3.63, 3.8) is 0 Å². The Hall–Kier alpha value is -2.03. The Kier molecular flexibility index (Phi) is 3.28. The van der Waals surface area contributed by atoms with Crippen LogP contribution in [0.25, 0.3) is 0 Å². The zero-order valence-electron chi connectivity index (χ0n) is 9.61. The van der Waals surface area contributed by atoms with Crippen LogP contribution < -0.4 is 10.5 Å². The molecule has 17 heavy (non-hydrogen) atoms. The third-order valence-corrected chi connectivity index (χ3v) is 2.55. The van der Waals surface area contributed by atoms with E-state index >= 15 is 0 Å². The maximum atomic E-state index is 13.2. The van der Waals surface area contributed by atoms with Gasteiger partial charge in [-0.15, -0.1) is 0 Å². The molecule has 0 aliphatic rings. The molecule has 0 saturated heterocycles. The minimum Gasteiger partial charge on any atom is -0.455 e. The fraction of sp³-hybridized carbons (Fsp3) is 0.143. The lowest BCUT2D eigenvalue weighted by Gasteiger charge is -2.09. The number of halogens is 1.